The summed E-state index contributed by atoms with van der Waals surface area (Å²) in [5, 5.41) is 18.5. The van der Waals surface area contributed by atoms with Gasteiger partial charge in [0.2, 0.25) is 0 Å². The number of carboxylic acid groups (broad SMARTS) is 1. The maximum Gasteiger partial charge on any atom is 0.405 e. The van der Waals surface area contributed by atoms with E-state index in [2.05, 4.69) is 15.5 Å². The van der Waals surface area contributed by atoms with Gasteiger partial charge in [0.25, 0.3) is 0 Å². The van der Waals surface area contributed by atoms with Crippen molar-refractivity contribution in [3.8, 4) is 0 Å². The molecule has 0 aromatic carbocycles. The van der Waals surface area contributed by atoms with Gasteiger partial charge in [-0.2, -0.15) is 5.10 Å². The summed E-state index contributed by atoms with van der Waals surface area (Å²) in [6, 6.07) is 3.67. The monoisotopic (exact) mass is 194 g/mol. The molecule has 1 fully saturated rings. The molecular weight excluding hydrogens is 184 g/mol. The largest absolute Gasteiger partial charge is 0.465 e. The van der Waals surface area contributed by atoms with E-state index >= 15 is 0 Å². The van der Waals surface area contributed by atoms with Gasteiger partial charge in [-0.15, -0.1) is 5.10 Å². The smallest absolute Gasteiger partial charge is 0.405 e. The third-order valence-electron chi connectivity index (χ3n) is 2.09. The highest BCUT2D eigenvalue weighted by Crippen LogP contribution is 2.16. The van der Waals surface area contributed by atoms with Crippen LogP contribution >= 0.6 is 0 Å². The average Bonchev–Trinajstić information content (AvgIpc) is 2.12. The summed E-state index contributed by atoms with van der Waals surface area (Å²) in [7, 11) is 0. The topological polar surface area (TPSA) is 78.4 Å². The van der Waals surface area contributed by atoms with Crippen LogP contribution in [0.5, 0.6) is 0 Å². The van der Waals surface area contributed by atoms with E-state index in [1.165, 1.54) is 0 Å². The highest BCUT2D eigenvalue weighted by molar-refractivity contribution is 5.65. The fourth-order valence-corrected chi connectivity index (χ4v) is 1.39. The number of hydrogen-bond acceptors (Lipinski definition) is 4. The summed E-state index contributed by atoms with van der Waals surface area (Å²) in [5.74, 6) is 0.788. The number of rotatable bonds is 2. The highest BCUT2D eigenvalue weighted by atomic mass is 16.4. The zero-order valence-electron chi connectivity index (χ0n) is 7.42. The molecule has 6 heteroatoms. The molecule has 0 saturated carbocycles. The van der Waals surface area contributed by atoms with Crippen molar-refractivity contribution in [2.45, 2.75) is 6.04 Å². The number of nitrogens with zero attached hydrogens (tertiary/aromatic N) is 3. The number of amides is 1. The van der Waals surface area contributed by atoms with Crippen LogP contribution in [0.2, 0.25) is 0 Å². The Labute approximate surface area is 80.6 Å². The van der Waals surface area contributed by atoms with E-state index in [1.807, 2.05) is 11.0 Å². The maximum absolute atomic E-state index is 10.3. The van der Waals surface area contributed by atoms with E-state index in [0.29, 0.717) is 13.1 Å². The molecule has 0 unspecified atom stereocenters. The van der Waals surface area contributed by atoms with Gasteiger partial charge in [0.15, 0.2) is 5.82 Å². The summed E-state index contributed by atoms with van der Waals surface area (Å²) in [5.41, 5.74) is 0. The van der Waals surface area contributed by atoms with E-state index in [0.717, 1.165) is 5.82 Å². The molecule has 2 rings (SSSR count). The van der Waals surface area contributed by atoms with Crippen molar-refractivity contribution in [3.63, 3.8) is 0 Å². The Morgan fingerprint density at radius 1 is 1.64 bits per heavy atom. The zero-order chi connectivity index (χ0) is 9.97. The molecule has 0 spiro atoms. The number of anilines is 1. The second kappa shape index (κ2) is 3.49. The molecule has 0 aliphatic carbocycles. The predicted octanol–water partition coefficient (Wildman–Crippen LogP) is -0.0672. The van der Waals surface area contributed by atoms with Gasteiger partial charge in [0.05, 0.1) is 6.04 Å². The Hall–Kier alpha value is -1.85. The van der Waals surface area contributed by atoms with Crippen molar-refractivity contribution < 1.29 is 9.90 Å². The Morgan fingerprint density at radius 3 is 3.00 bits per heavy atom. The van der Waals surface area contributed by atoms with Crippen molar-refractivity contribution in [1.29, 1.82) is 0 Å². The van der Waals surface area contributed by atoms with Gasteiger partial charge in [-0.05, 0) is 12.1 Å². The number of carbonyl (C=O) groups is 1. The van der Waals surface area contributed by atoms with Crippen LogP contribution in [-0.2, 0) is 0 Å². The minimum absolute atomic E-state index is 0.00880. The SMILES string of the molecule is O=C(O)NC1CN(c2cccnn2)C1. The van der Waals surface area contributed by atoms with Crippen LogP contribution in [0.25, 0.3) is 0 Å². The molecule has 1 amide bonds. The first-order chi connectivity index (χ1) is 6.75. The molecule has 1 aromatic heterocycles. The quantitative estimate of drug-likeness (QED) is 0.689. The van der Waals surface area contributed by atoms with E-state index in [4.69, 9.17) is 5.11 Å². The Kier molecular flexibility index (Phi) is 2.18. The first-order valence-corrected chi connectivity index (χ1v) is 4.28. The molecule has 14 heavy (non-hydrogen) atoms. The number of hydrogen-bond donors (Lipinski definition) is 2. The van der Waals surface area contributed by atoms with Gasteiger partial charge in [-0.25, -0.2) is 4.79 Å². The van der Waals surface area contributed by atoms with Crippen LogP contribution in [0.15, 0.2) is 18.3 Å². The summed E-state index contributed by atoms with van der Waals surface area (Å²) < 4.78 is 0. The first kappa shape index (κ1) is 8.74. The molecule has 1 saturated heterocycles. The third-order valence-corrected chi connectivity index (χ3v) is 2.09. The van der Waals surface area contributed by atoms with E-state index < -0.39 is 6.09 Å². The second-order valence-corrected chi connectivity index (χ2v) is 3.13. The summed E-state index contributed by atoms with van der Waals surface area (Å²) >= 11 is 0. The lowest BCUT2D eigenvalue weighted by atomic mass is 10.1. The van der Waals surface area contributed by atoms with Crippen molar-refractivity contribution in [2.24, 2.45) is 0 Å². The first-order valence-electron chi connectivity index (χ1n) is 4.28. The van der Waals surface area contributed by atoms with Gasteiger partial charge in [0.1, 0.15) is 0 Å². The Bertz CT molecular complexity index is 323. The fourth-order valence-electron chi connectivity index (χ4n) is 1.39. The normalized spacial score (nSPS) is 16.1. The molecule has 1 aliphatic heterocycles. The molecule has 6 nitrogen and oxygen atoms in total. The lowest BCUT2D eigenvalue weighted by molar-refractivity contribution is 0.187. The highest BCUT2D eigenvalue weighted by Gasteiger charge is 2.28. The van der Waals surface area contributed by atoms with E-state index in [9.17, 15) is 4.79 Å². The maximum atomic E-state index is 10.3. The molecule has 1 aliphatic rings. The summed E-state index contributed by atoms with van der Waals surface area (Å²) in [4.78, 5) is 12.3. The molecule has 0 radical (unpaired) electrons. The standard InChI is InChI=1S/C8H10N4O2/c13-8(14)10-6-4-12(5-6)7-2-1-3-9-11-7/h1-3,6,10H,4-5H2,(H,13,14). The third kappa shape index (κ3) is 1.73. The van der Waals surface area contributed by atoms with Crippen LogP contribution in [0.3, 0.4) is 0 Å². The molecule has 2 heterocycles. The fraction of sp³-hybridized carbons (Fsp3) is 0.375. The lowest BCUT2D eigenvalue weighted by Crippen LogP contribution is -2.59. The zero-order valence-corrected chi connectivity index (χ0v) is 7.42. The van der Waals surface area contributed by atoms with Gasteiger partial charge < -0.3 is 15.3 Å². The Morgan fingerprint density at radius 2 is 2.43 bits per heavy atom. The Balaban J connectivity index is 1.86. The minimum Gasteiger partial charge on any atom is -0.465 e. The van der Waals surface area contributed by atoms with Gasteiger partial charge in [0, 0.05) is 19.3 Å². The van der Waals surface area contributed by atoms with Gasteiger partial charge >= 0.3 is 6.09 Å². The molecular formula is C8H10N4O2. The summed E-state index contributed by atoms with van der Waals surface area (Å²) in [6.45, 7) is 1.32. The van der Waals surface area contributed by atoms with Crippen molar-refractivity contribution >= 4 is 11.9 Å². The van der Waals surface area contributed by atoms with Crippen LogP contribution in [0, 0.1) is 0 Å². The molecule has 0 atom stereocenters. The number of aromatic nitrogens is 2. The van der Waals surface area contributed by atoms with Crippen LogP contribution in [-0.4, -0.2) is 40.5 Å². The number of nitrogens with one attached hydrogen (secondary N) is 1. The van der Waals surface area contributed by atoms with Crippen LogP contribution < -0.4 is 10.2 Å². The average molecular weight is 194 g/mol. The van der Waals surface area contributed by atoms with Gasteiger partial charge in [-0.3, -0.25) is 0 Å². The minimum atomic E-state index is -0.978. The molecule has 1 aromatic rings. The molecule has 2 N–H and O–H groups in total. The lowest BCUT2D eigenvalue weighted by Gasteiger charge is -2.39. The van der Waals surface area contributed by atoms with E-state index in [-0.39, 0.29) is 6.04 Å². The molecule has 74 valence electrons. The van der Waals surface area contributed by atoms with Crippen molar-refractivity contribution in [3.05, 3.63) is 18.3 Å². The molecule has 0 bridgehead atoms. The van der Waals surface area contributed by atoms with Crippen LogP contribution in [0.4, 0.5) is 10.6 Å². The van der Waals surface area contributed by atoms with E-state index in [1.54, 1.807) is 12.3 Å². The predicted molar refractivity (Wildman–Crippen MR) is 49.2 cm³/mol. The summed E-state index contributed by atoms with van der Waals surface area (Å²) in [6.07, 6.45) is 0.629. The van der Waals surface area contributed by atoms with Crippen molar-refractivity contribution in [2.75, 3.05) is 18.0 Å². The van der Waals surface area contributed by atoms with Crippen molar-refractivity contribution in [1.82, 2.24) is 15.5 Å². The van der Waals surface area contributed by atoms with Crippen LogP contribution in [0.1, 0.15) is 0 Å². The second-order valence-electron chi connectivity index (χ2n) is 3.13. The van der Waals surface area contributed by atoms with Gasteiger partial charge in [-0.1, -0.05) is 0 Å².